The van der Waals surface area contributed by atoms with Crippen LogP contribution in [-0.2, 0) is 6.61 Å². The van der Waals surface area contributed by atoms with Crippen molar-refractivity contribution in [2.75, 3.05) is 0 Å². The molecule has 4 heteroatoms. The van der Waals surface area contributed by atoms with E-state index < -0.39 is 0 Å². The molecule has 1 heterocycles. The Morgan fingerprint density at radius 1 is 1.06 bits per heavy atom. The highest BCUT2D eigenvalue weighted by Crippen LogP contribution is 2.18. The fourth-order valence-electron chi connectivity index (χ4n) is 1.22. The van der Waals surface area contributed by atoms with Crippen LogP contribution in [0.15, 0.2) is 42.6 Å². The van der Waals surface area contributed by atoms with Crippen LogP contribution in [0, 0.1) is 0 Å². The normalized spacial score (nSPS) is 10.1. The lowest BCUT2D eigenvalue weighted by Crippen LogP contribution is -1.96. The summed E-state index contributed by atoms with van der Waals surface area (Å²) in [6.07, 6.45) is 1.58. The number of halogens is 2. The van der Waals surface area contributed by atoms with Crippen molar-refractivity contribution >= 4 is 23.2 Å². The highest BCUT2D eigenvalue weighted by atomic mass is 35.5. The van der Waals surface area contributed by atoms with Gasteiger partial charge in [0.25, 0.3) is 0 Å². The lowest BCUT2D eigenvalue weighted by Gasteiger charge is -2.06. The van der Waals surface area contributed by atoms with Gasteiger partial charge in [0.05, 0.1) is 6.20 Å². The Morgan fingerprint density at radius 2 is 1.88 bits per heavy atom. The highest BCUT2D eigenvalue weighted by Gasteiger charge is 2.00. The standard InChI is InChI=1S/C12H9Cl2NO/c13-11-4-2-1-3-9(11)8-16-10-5-6-12(14)15-7-10/h1-7H,8H2. The van der Waals surface area contributed by atoms with E-state index >= 15 is 0 Å². The van der Waals surface area contributed by atoms with Gasteiger partial charge in [-0.3, -0.25) is 0 Å². The molecule has 2 rings (SSSR count). The van der Waals surface area contributed by atoms with Crippen molar-refractivity contribution in [3.8, 4) is 5.75 Å². The van der Waals surface area contributed by atoms with Crippen LogP contribution in [0.25, 0.3) is 0 Å². The number of hydrogen-bond donors (Lipinski definition) is 0. The van der Waals surface area contributed by atoms with E-state index in [4.69, 9.17) is 27.9 Å². The maximum atomic E-state index is 6.00. The summed E-state index contributed by atoms with van der Waals surface area (Å²) in [5, 5.41) is 1.15. The summed E-state index contributed by atoms with van der Waals surface area (Å²) in [6, 6.07) is 11.0. The summed E-state index contributed by atoms with van der Waals surface area (Å²) in [7, 11) is 0. The monoisotopic (exact) mass is 253 g/mol. The minimum Gasteiger partial charge on any atom is -0.487 e. The molecule has 82 valence electrons. The van der Waals surface area contributed by atoms with Crippen molar-refractivity contribution in [2.45, 2.75) is 6.61 Å². The Morgan fingerprint density at radius 3 is 2.56 bits per heavy atom. The van der Waals surface area contributed by atoms with Crippen LogP contribution in [0.1, 0.15) is 5.56 Å². The van der Waals surface area contributed by atoms with Crippen molar-refractivity contribution in [3.63, 3.8) is 0 Å². The number of ether oxygens (including phenoxy) is 1. The van der Waals surface area contributed by atoms with Crippen LogP contribution in [0.2, 0.25) is 10.2 Å². The van der Waals surface area contributed by atoms with Gasteiger partial charge >= 0.3 is 0 Å². The second-order valence-electron chi connectivity index (χ2n) is 3.20. The molecule has 1 aromatic carbocycles. The summed E-state index contributed by atoms with van der Waals surface area (Å²) < 4.78 is 5.52. The molecule has 0 bridgehead atoms. The van der Waals surface area contributed by atoms with Gasteiger partial charge in [0.15, 0.2) is 0 Å². The average molecular weight is 254 g/mol. The zero-order chi connectivity index (χ0) is 11.4. The lowest BCUT2D eigenvalue weighted by atomic mass is 10.2. The molecule has 0 spiro atoms. The SMILES string of the molecule is Clc1ccc(OCc2ccccc2Cl)cn1. The molecule has 2 aromatic rings. The van der Waals surface area contributed by atoms with Crippen LogP contribution in [-0.4, -0.2) is 4.98 Å². The summed E-state index contributed by atoms with van der Waals surface area (Å²) in [5.74, 6) is 0.671. The van der Waals surface area contributed by atoms with E-state index in [1.54, 1.807) is 18.3 Å². The summed E-state index contributed by atoms with van der Waals surface area (Å²) in [5.41, 5.74) is 0.944. The van der Waals surface area contributed by atoms with Gasteiger partial charge in [0.2, 0.25) is 0 Å². The maximum Gasteiger partial charge on any atom is 0.138 e. The Labute approximate surface area is 104 Å². The first-order valence-corrected chi connectivity index (χ1v) is 5.49. The van der Waals surface area contributed by atoms with Gasteiger partial charge in [0.1, 0.15) is 17.5 Å². The molecule has 0 radical (unpaired) electrons. The number of rotatable bonds is 3. The van der Waals surface area contributed by atoms with E-state index in [2.05, 4.69) is 4.98 Å². The van der Waals surface area contributed by atoms with Gasteiger partial charge in [0, 0.05) is 10.6 Å². The molecule has 0 unspecified atom stereocenters. The Kier molecular flexibility index (Phi) is 3.65. The third-order valence-electron chi connectivity index (χ3n) is 2.05. The van der Waals surface area contributed by atoms with Crippen molar-refractivity contribution in [1.29, 1.82) is 0 Å². The minimum absolute atomic E-state index is 0.420. The summed E-state index contributed by atoms with van der Waals surface area (Å²) in [6.45, 7) is 0.420. The van der Waals surface area contributed by atoms with Crippen molar-refractivity contribution in [1.82, 2.24) is 4.98 Å². The van der Waals surface area contributed by atoms with Gasteiger partial charge in [-0.05, 0) is 18.2 Å². The van der Waals surface area contributed by atoms with E-state index in [0.29, 0.717) is 22.5 Å². The summed E-state index contributed by atoms with van der Waals surface area (Å²) in [4.78, 5) is 3.92. The van der Waals surface area contributed by atoms with Crippen molar-refractivity contribution < 1.29 is 4.74 Å². The Bertz CT molecular complexity index is 471. The van der Waals surface area contributed by atoms with Crippen LogP contribution in [0.5, 0.6) is 5.75 Å². The molecule has 0 saturated carbocycles. The number of nitrogens with zero attached hydrogens (tertiary/aromatic N) is 1. The van der Waals surface area contributed by atoms with Gasteiger partial charge in [-0.15, -0.1) is 0 Å². The molecule has 0 saturated heterocycles. The fraction of sp³-hybridized carbons (Fsp3) is 0.0833. The predicted molar refractivity (Wildman–Crippen MR) is 65.0 cm³/mol. The van der Waals surface area contributed by atoms with Crippen molar-refractivity contribution in [3.05, 3.63) is 58.3 Å². The van der Waals surface area contributed by atoms with Crippen LogP contribution < -0.4 is 4.74 Å². The quantitative estimate of drug-likeness (QED) is 0.773. The number of hydrogen-bond acceptors (Lipinski definition) is 2. The van der Waals surface area contributed by atoms with Crippen LogP contribution >= 0.6 is 23.2 Å². The van der Waals surface area contributed by atoms with E-state index in [1.807, 2.05) is 24.3 Å². The molecular weight excluding hydrogens is 245 g/mol. The molecule has 2 nitrogen and oxygen atoms in total. The summed E-state index contributed by atoms with van der Waals surface area (Å²) >= 11 is 11.7. The second-order valence-corrected chi connectivity index (χ2v) is 3.99. The zero-order valence-corrected chi connectivity index (χ0v) is 9.87. The van der Waals surface area contributed by atoms with Crippen molar-refractivity contribution in [2.24, 2.45) is 0 Å². The van der Waals surface area contributed by atoms with E-state index in [9.17, 15) is 0 Å². The van der Waals surface area contributed by atoms with Gasteiger partial charge < -0.3 is 4.74 Å². The largest absolute Gasteiger partial charge is 0.487 e. The number of aromatic nitrogens is 1. The number of benzene rings is 1. The molecular formula is C12H9Cl2NO. The average Bonchev–Trinajstić information content (AvgIpc) is 2.30. The van der Waals surface area contributed by atoms with E-state index in [1.165, 1.54) is 0 Å². The Balaban J connectivity index is 2.02. The first-order valence-electron chi connectivity index (χ1n) is 4.73. The van der Waals surface area contributed by atoms with Crippen LogP contribution in [0.4, 0.5) is 0 Å². The first kappa shape index (κ1) is 11.2. The molecule has 0 N–H and O–H groups in total. The highest BCUT2D eigenvalue weighted by molar-refractivity contribution is 6.31. The molecule has 16 heavy (non-hydrogen) atoms. The molecule has 0 fully saturated rings. The van der Waals surface area contributed by atoms with E-state index in [-0.39, 0.29) is 0 Å². The molecule has 0 atom stereocenters. The molecule has 1 aromatic heterocycles. The second kappa shape index (κ2) is 5.19. The smallest absolute Gasteiger partial charge is 0.138 e. The zero-order valence-electron chi connectivity index (χ0n) is 8.36. The van der Waals surface area contributed by atoms with Gasteiger partial charge in [-0.25, -0.2) is 4.98 Å². The maximum absolute atomic E-state index is 6.00. The third kappa shape index (κ3) is 2.87. The van der Waals surface area contributed by atoms with Gasteiger partial charge in [-0.2, -0.15) is 0 Å². The number of pyridine rings is 1. The molecule has 0 aliphatic heterocycles. The Hall–Kier alpha value is -1.25. The fourth-order valence-corrected chi connectivity index (χ4v) is 1.53. The molecule has 0 aliphatic carbocycles. The molecule has 0 amide bonds. The third-order valence-corrected chi connectivity index (χ3v) is 2.64. The topological polar surface area (TPSA) is 22.1 Å². The lowest BCUT2D eigenvalue weighted by molar-refractivity contribution is 0.305. The first-order chi connectivity index (χ1) is 7.75. The van der Waals surface area contributed by atoms with E-state index in [0.717, 1.165) is 5.56 Å². The van der Waals surface area contributed by atoms with Crippen LogP contribution in [0.3, 0.4) is 0 Å². The van der Waals surface area contributed by atoms with Gasteiger partial charge in [-0.1, -0.05) is 41.4 Å². The predicted octanol–water partition coefficient (Wildman–Crippen LogP) is 3.97. The minimum atomic E-state index is 0.420. The molecule has 0 aliphatic rings.